The van der Waals surface area contributed by atoms with E-state index in [1.807, 2.05) is 0 Å². The molecule has 0 atom stereocenters. The number of alkyl halides is 7. The molecule has 0 unspecified atom stereocenters. The van der Waals surface area contributed by atoms with Crippen LogP contribution in [0.3, 0.4) is 0 Å². The van der Waals surface area contributed by atoms with Gasteiger partial charge in [-0.05, 0) is 12.1 Å². The number of nitrogens with two attached hydrogens (primary N) is 1. The quantitative estimate of drug-likeness (QED) is 0.652. The van der Waals surface area contributed by atoms with Crippen molar-refractivity contribution >= 4 is 17.3 Å². The van der Waals surface area contributed by atoms with Crippen molar-refractivity contribution in [3.05, 3.63) is 24.3 Å². The van der Waals surface area contributed by atoms with Crippen LogP contribution in [-0.4, -0.2) is 23.9 Å². The summed E-state index contributed by atoms with van der Waals surface area (Å²) >= 11 is 0. The topological polar surface area (TPSA) is 55.1 Å². The summed E-state index contributed by atoms with van der Waals surface area (Å²) in [5.41, 5.74) is -1.67. The summed E-state index contributed by atoms with van der Waals surface area (Å²) in [5, 5.41) is 1.18. The summed E-state index contributed by atoms with van der Waals surface area (Å²) in [6, 6.07) is 4.55. The number of hydrogen-bond acceptors (Lipinski definition) is 2. The van der Waals surface area contributed by atoms with Crippen LogP contribution >= 0.6 is 0 Å². The number of rotatable bonds is 2. The number of carbonyl (C=O) groups is 1. The summed E-state index contributed by atoms with van der Waals surface area (Å²) in [6.07, 6.45) is -12.9. The number of nitrogens with one attached hydrogen (secondary N) is 1. The Balaban J connectivity index is 3.19. The summed E-state index contributed by atoms with van der Waals surface area (Å²) < 4.78 is 86.9. The molecule has 0 bridgehead atoms. The van der Waals surface area contributed by atoms with Gasteiger partial charge in [-0.3, -0.25) is 4.79 Å². The number of carbonyl (C=O) groups excluding carboxylic acids is 1. The first-order chi connectivity index (χ1) is 8.91. The second kappa shape index (κ2) is 4.84. The molecule has 0 aliphatic heterocycles. The van der Waals surface area contributed by atoms with Gasteiger partial charge in [0, 0.05) is 0 Å². The minimum atomic E-state index is -6.46. The van der Waals surface area contributed by atoms with Crippen molar-refractivity contribution in [2.24, 2.45) is 0 Å². The molecule has 20 heavy (non-hydrogen) atoms. The van der Waals surface area contributed by atoms with Crippen LogP contribution in [-0.2, 0) is 4.79 Å². The Hall–Kier alpha value is -2.00. The van der Waals surface area contributed by atoms with Gasteiger partial charge in [0.15, 0.2) is 0 Å². The fourth-order valence-electron chi connectivity index (χ4n) is 1.24. The summed E-state index contributed by atoms with van der Waals surface area (Å²) in [5.74, 6) is -2.91. The van der Waals surface area contributed by atoms with Gasteiger partial charge in [-0.25, -0.2) is 4.39 Å². The van der Waals surface area contributed by atoms with Crippen molar-refractivity contribution in [3.8, 4) is 0 Å². The molecule has 3 N–H and O–H groups in total. The van der Waals surface area contributed by atoms with Crippen molar-refractivity contribution in [2.45, 2.75) is 18.0 Å². The molecule has 112 valence electrons. The van der Waals surface area contributed by atoms with Crippen molar-refractivity contribution in [1.82, 2.24) is 0 Å². The highest BCUT2D eigenvalue weighted by atomic mass is 19.4. The molecule has 1 rings (SSSR count). The fourth-order valence-corrected chi connectivity index (χ4v) is 1.24. The van der Waals surface area contributed by atoms with E-state index >= 15 is 0 Å². The van der Waals surface area contributed by atoms with Gasteiger partial charge >= 0.3 is 18.0 Å². The zero-order valence-corrected chi connectivity index (χ0v) is 9.44. The van der Waals surface area contributed by atoms with E-state index in [9.17, 15) is 35.5 Å². The third-order valence-electron chi connectivity index (χ3n) is 2.30. The predicted octanol–water partition coefficient (Wildman–Crippen LogP) is 3.04. The van der Waals surface area contributed by atoms with Crippen molar-refractivity contribution < 1.29 is 35.5 Å². The van der Waals surface area contributed by atoms with Crippen molar-refractivity contribution in [2.75, 3.05) is 11.1 Å². The van der Waals surface area contributed by atoms with Gasteiger partial charge in [-0.15, -0.1) is 0 Å². The lowest BCUT2D eigenvalue weighted by Gasteiger charge is -2.28. The fraction of sp³-hybridized carbons (Fsp3) is 0.300. The second-order valence-corrected chi connectivity index (χ2v) is 3.70. The maximum atomic E-state index is 13.3. The molecule has 10 heteroatoms. The lowest BCUT2D eigenvalue weighted by atomic mass is 10.0. The van der Waals surface area contributed by atoms with Gasteiger partial charge in [0.1, 0.15) is 0 Å². The van der Waals surface area contributed by atoms with E-state index in [2.05, 4.69) is 0 Å². The van der Waals surface area contributed by atoms with E-state index in [0.29, 0.717) is 0 Å². The minimum Gasteiger partial charge on any atom is -0.397 e. The SMILES string of the molecule is Nc1ccccc1NC(=O)C(F)(C(F)(F)F)C(F)(F)F. The van der Waals surface area contributed by atoms with Crippen LogP contribution in [0, 0.1) is 0 Å². The van der Waals surface area contributed by atoms with Crippen LogP contribution in [0.1, 0.15) is 0 Å². The van der Waals surface area contributed by atoms with E-state index in [1.165, 1.54) is 17.4 Å². The molecular weight excluding hydrogens is 297 g/mol. The highest BCUT2D eigenvalue weighted by Gasteiger charge is 2.77. The van der Waals surface area contributed by atoms with Gasteiger partial charge < -0.3 is 11.1 Å². The first kappa shape index (κ1) is 16.1. The minimum absolute atomic E-state index is 0.312. The summed E-state index contributed by atoms with van der Waals surface area (Å²) in [6.45, 7) is 0. The monoisotopic (exact) mass is 304 g/mol. The molecule has 3 nitrogen and oxygen atoms in total. The van der Waals surface area contributed by atoms with Gasteiger partial charge in [-0.2, -0.15) is 26.3 Å². The summed E-state index contributed by atoms with van der Waals surface area (Å²) in [7, 11) is 0. The van der Waals surface area contributed by atoms with Crippen molar-refractivity contribution in [1.29, 1.82) is 0 Å². The molecule has 0 saturated carbocycles. The Bertz CT molecular complexity index is 495. The van der Waals surface area contributed by atoms with E-state index in [0.717, 1.165) is 12.1 Å². The Morgan fingerprint density at radius 3 is 1.80 bits per heavy atom. The number of halogens is 7. The predicted molar refractivity (Wildman–Crippen MR) is 55.4 cm³/mol. The number of amides is 1. The van der Waals surface area contributed by atoms with Crippen LogP contribution in [0.4, 0.5) is 42.1 Å². The Kier molecular flexibility index (Phi) is 3.88. The Morgan fingerprint density at radius 1 is 0.950 bits per heavy atom. The first-order valence-corrected chi connectivity index (χ1v) is 4.89. The van der Waals surface area contributed by atoms with E-state index in [-0.39, 0.29) is 5.69 Å². The van der Waals surface area contributed by atoms with Gasteiger partial charge in [0.05, 0.1) is 11.4 Å². The van der Waals surface area contributed by atoms with Gasteiger partial charge in [0.25, 0.3) is 5.91 Å². The molecule has 0 saturated heterocycles. The molecule has 0 heterocycles. The molecule has 0 fully saturated rings. The first-order valence-electron chi connectivity index (χ1n) is 4.89. The van der Waals surface area contributed by atoms with Crippen LogP contribution in [0.15, 0.2) is 24.3 Å². The van der Waals surface area contributed by atoms with Crippen molar-refractivity contribution in [3.63, 3.8) is 0 Å². The van der Waals surface area contributed by atoms with E-state index in [4.69, 9.17) is 5.73 Å². The molecule has 0 aromatic heterocycles. The molecule has 0 radical (unpaired) electrons. The van der Waals surface area contributed by atoms with E-state index in [1.54, 1.807) is 0 Å². The Labute approximate surface area is 107 Å². The normalized spacial score (nSPS) is 13.2. The van der Waals surface area contributed by atoms with Crippen LogP contribution < -0.4 is 11.1 Å². The Morgan fingerprint density at radius 2 is 1.40 bits per heavy atom. The van der Waals surface area contributed by atoms with Crippen LogP contribution in [0.5, 0.6) is 0 Å². The maximum Gasteiger partial charge on any atom is 0.441 e. The molecule has 0 spiro atoms. The number of benzene rings is 1. The zero-order chi connectivity index (χ0) is 15.8. The van der Waals surface area contributed by atoms with Gasteiger partial charge in [-0.1, -0.05) is 12.1 Å². The lowest BCUT2D eigenvalue weighted by molar-refractivity contribution is -0.324. The third kappa shape index (κ3) is 2.63. The number of para-hydroxylation sites is 2. The molecule has 1 aromatic rings. The average molecular weight is 304 g/mol. The van der Waals surface area contributed by atoms with Gasteiger partial charge in [0.2, 0.25) is 0 Å². The van der Waals surface area contributed by atoms with Crippen LogP contribution in [0.2, 0.25) is 0 Å². The molecule has 0 aliphatic carbocycles. The number of nitrogen functional groups attached to an aromatic ring is 1. The highest BCUT2D eigenvalue weighted by Crippen LogP contribution is 2.46. The summed E-state index contributed by atoms with van der Waals surface area (Å²) in [4.78, 5) is 11.1. The van der Waals surface area contributed by atoms with Crippen LogP contribution in [0.25, 0.3) is 0 Å². The third-order valence-corrected chi connectivity index (χ3v) is 2.30. The molecule has 1 aromatic carbocycles. The molecule has 0 aliphatic rings. The zero-order valence-electron chi connectivity index (χ0n) is 9.44. The standard InChI is InChI=1S/C10H7F7N2O/c11-8(9(12,13)14,10(15,16)17)7(20)19-6-4-2-1-3-5(6)18/h1-4H,18H2,(H,19,20). The lowest BCUT2D eigenvalue weighted by Crippen LogP contribution is -2.61. The molecule has 1 amide bonds. The molecular formula is C10H7F7N2O. The second-order valence-electron chi connectivity index (χ2n) is 3.70. The maximum absolute atomic E-state index is 13.3. The number of hydrogen-bond donors (Lipinski definition) is 2. The van der Waals surface area contributed by atoms with E-state index < -0.39 is 29.6 Å². The smallest absolute Gasteiger partial charge is 0.397 e. The number of anilines is 2. The highest BCUT2D eigenvalue weighted by molar-refractivity contribution is 6.00. The average Bonchev–Trinajstić information content (AvgIpc) is 2.28. The largest absolute Gasteiger partial charge is 0.441 e.